The summed E-state index contributed by atoms with van der Waals surface area (Å²) >= 11 is 0. The first-order valence-corrected chi connectivity index (χ1v) is 5.22. The fourth-order valence-corrected chi connectivity index (χ4v) is 1.60. The van der Waals surface area contributed by atoms with Gasteiger partial charge in [0.1, 0.15) is 0 Å². The third-order valence-electron chi connectivity index (χ3n) is 2.45. The Kier molecular flexibility index (Phi) is 2.82. The molecule has 0 aliphatic rings. The van der Waals surface area contributed by atoms with Crippen molar-refractivity contribution in [3.63, 3.8) is 0 Å². The maximum Gasteiger partial charge on any atom is 0.159 e. The molecular weight excluding hydrogens is 198 g/mol. The Hall–Kier alpha value is -1.96. The van der Waals surface area contributed by atoms with Crippen LogP contribution in [0.4, 0.5) is 0 Å². The number of carbonyl (C=O) groups is 1. The molecule has 16 heavy (non-hydrogen) atoms. The Morgan fingerprint density at radius 1 is 1.12 bits per heavy atom. The predicted octanol–water partition coefficient (Wildman–Crippen LogP) is 3.26. The van der Waals surface area contributed by atoms with Gasteiger partial charge in [-0.05, 0) is 32.0 Å². The second-order valence-electron chi connectivity index (χ2n) is 3.80. The third kappa shape index (κ3) is 2.16. The van der Waals surface area contributed by atoms with Crippen LogP contribution in [0.15, 0.2) is 42.5 Å². The minimum atomic E-state index is 0.0782. The zero-order chi connectivity index (χ0) is 11.5. The van der Waals surface area contributed by atoms with Gasteiger partial charge in [0.15, 0.2) is 5.78 Å². The highest BCUT2D eigenvalue weighted by atomic mass is 16.1. The van der Waals surface area contributed by atoms with Gasteiger partial charge < -0.3 is 0 Å². The Morgan fingerprint density at radius 3 is 2.56 bits per heavy atom. The van der Waals surface area contributed by atoms with E-state index in [1.807, 2.05) is 49.4 Å². The molecule has 0 aliphatic heterocycles. The first-order chi connectivity index (χ1) is 7.66. The van der Waals surface area contributed by atoms with Gasteiger partial charge in [-0.3, -0.25) is 9.78 Å². The van der Waals surface area contributed by atoms with Gasteiger partial charge >= 0.3 is 0 Å². The zero-order valence-corrected chi connectivity index (χ0v) is 9.40. The zero-order valence-electron chi connectivity index (χ0n) is 9.40. The van der Waals surface area contributed by atoms with Crippen molar-refractivity contribution in [3.8, 4) is 11.3 Å². The highest BCUT2D eigenvalue weighted by Gasteiger charge is 2.03. The first kappa shape index (κ1) is 10.6. The number of Topliss-reactive ketones (excluding diaryl/α,β-unsaturated/α-hetero) is 1. The maximum atomic E-state index is 11.3. The molecule has 0 saturated carbocycles. The SMILES string of the molecule is CC(=O)c1cccc(-c2cccc(C)n2)c1. The van der Waals surface area contributed by atoms with Crippen LogP contribution in [0, 0.1) is 6.92 Å². The molecule has 0 atom stereocenters. The molecule has 0 aliphatic carbocycles. The van der Waals surface area contributed by atoms with Crippen molar-refractivity contribution >= 4 is 5.78 Å². The van der Waals surface area contributed by atoms with Crippen molar-refractivity contribution in [2.45, 2.75) is 13.8 Å². The maximum absolute atomic E-state index is 11.3. The number of ketones is 1. The predicted molar refractivity (Wildman–Crippen MR) is 64.4 cm³/mol. The molecular formula is C14H13NO. The van der Waals surface area contributed by atoms with Crippen LogP contribution < -0.4 is 0 Å². The van der Waals surface area contributed by atoms with E-state index in [0.29, 0.717) is 0 Å². The van der Waals surface area contributed by atoms with E-state index in [2.05, 4.69) is 4.98 Å². The van der Waals surface area contributed by atoms with Gasteiger partial charge in [0.2, 0.25) is 0 Å². The Labute approximate surface area is 95.0 Å². The van der Waals surface area contributed by atoms with E-state index in [4.69, 9.17) is 0 Å². The highest BCUT2D eigenvalue weighted by molar-refractivity contribution is 5.95. The fraction of sp³-hybridized carbons (Fsp3) is 0.143. The molecule has 2 heteroatoms. The van der Waals surface area contributed by atoms with Gasteiger partial charge in [0.05, 0.1) is 5.69 Å². The Bertz CT molecular complexity index is 532. The summed E-state index contributed by atoms with van der Waals surface area (Å²) in [6.45, 7) is 3.53. The van der Waals surface area contributed by atoms with Crippen molar-refractivity contribution < 1.29 is 4.79 Å². The minimum Gasteiger partial charge on any atom is -0.295 e. The Balaban J connectivity index is 2.48. The fourth-order valence-electron chi connectivity index (χ4n) is 1.60. The largest absolute Gasteiger partial charge is 0.295 e. The molecule has 0 amide bonds. The van der Waals surface area contributed by atoms with Crippen LogP contribution in [0.1, 0.15) is 23.0 Å². The molecule has 0 bridgehead atoms. The molecule has 2 rings (SSSR count). The van der Waals surface area contributed by atoms with Crippen LogP contribution in [0.5, 0.6) is 0 Å². The topological polar surface area (TPSA) is 30.0 Å². The molecule has 0 saturated heterocycles. The third-order valence-corrected chi connectivity index (χ3v) is 2.45. The lowest BCUT2D eigenvalue weighted by Gasteiger charge is -2.03. The molecule has 80 valence electrons. The van der Waals surface area contributed by atoms with Crippen molar-refractivity contribution in [1.82, 2.24) is 4.98 Å². The molecule has 0 fully saturated rings. The van der Waals surface area contributed by atoms with Crippen molar-refractivity contribution in [2.24, 2.45) is 0 Å². The molecule has 2 nitrogen and oxygen atoms in total. The lowest BCUT2D eigenvalue weighted by molar-refractivity contribution is 0.101. The second kappa shape index (κ2) is 4.27. The summed E-state index contributed by atoms with van der Waals surface area (Å²) in [5, 5.41) is 0. The summed E-state index contributed by atoms with van der Waals surface area (Å²) in [5.41, 5.74) is 3.59. The summed E-state index contributed by atoms with van der Waals surface area (Å²) in [5.74, 6) is 0.0782. The summed E-state index contributed by atoms with van der Waals surface area (Å²) in [6.07, 6.45) is 0. The number of rotatable bonds is 2. The first-order valence-electron chi connectivity index (χ1n) is 5.22. The minimum absolute atomic E-state index is 0.0782. The quantitative estimate of drug-likeness (QED) is 0.714. The molecule has 2 aromatic rings. The number of carbonyl (C=O) groups excluding carboxylic acids is 1. The molecule has 0 unspecified atom stereocenters. The lowest BCUT2D eigenvalue weighted by Crippen LogP contribution is -1.93. The van der Waals surface area contributed by atoms with E-state index in [1.165, 1.54) is 0 Å². The standard InChI is InChI=1S/C14H13NO/c1-10-5-3-8-14(15-10)13-7-4-6-12(9-13)11(2)16/h3-9H,1-2H3. The number of hydrogen-bond acceptors (Lipinski definition) is 2. The second-order valence-corrected chi connectivity index (χ2v) is 3.80. The summed E-state index contributed by atoms with van der Waals surface area (Å²) in [6, 6.07) is 13.4. The monoisotopic (exact) mass is 211 g/mol. The van der Waals surface area contributed by atoms with Gasteiger partial charge in [0.25, 0.3) is 0 Å². The molecule has 0 radical (unpaired) electrons. The number of aryl methyl sites for hydroxylation is 1. The van der Waals surface area contributed by atoms with Gasteiger partial charge in [-0.2, -0.15) is 0 Å². The van der Waals surface area contributed by atoms with Crippen LogP contribution in [-0.4, -0.2) is 10.8 Å². The molecule has 1 heterocycles. The van der Waals surface area contributed by atoms with Gasteiger partial charge in [-0.25, -0.2) is 0 Å². The number of hydrogen-bond donors (Lipinski definition) is 0. The van der Waals surface area contributed by atoms with Gasteiger partial charge in [-0.1, -0.05) is 24.3 Å². The number of aromatic nitrogens is 1. The smallest absolute Gasteiger partial charge is 0.159 e. The lowest BCUT2D eigenvalue weighted by atomic mass is 10.1. The van der Waals surface area contributed by atoms with Gasteiger partial charge in [0, 0.05) is 16.8 Å². The number of nitrogens with zero attached hydrogens (tertiary/aromatic N) is 1. The van der Waals surface area contributed by atoms with Crippen LogP contribution in [0.3, 0.4) is 0 Å². The van der Waals surface area contributed by atoms with E-state index in [1.54, 1.807) is 6.92 Å². The van der Waals surface area contributed by atoms with Crippen molar-refractivity contribution in [1.29, 1.82) is 0 Å². The van der Waals surface area contributed by atoms with Crippen LogP contribution >= 0.6 is 0 Å². The highest BCUT2D eigenvalue weighted by Crippen LogP contribution is 2.18. The van der Waals surface area contributed by atoms with E-state index in [0.717, 1.165) is 22.5 Å². The normalized spacial score (nSPS) is 10.1. The van der Waals surface area contributed by atoms with E-state index >= 15 is 0 Å². The van der Waals surface area contributed by atoms with E-state index < -0.39 is 0 Å². The average molecular weight is 211 g/mol. The van der Waals surface area contributed by atoms with Crippen LogP contribution in [-0.2, 0) is 0 Å². The molecule has 1 aromatic heterocycles. The molecule has 0 N–H and O–H groups in total. The van der Waals surface area contributed by atoms with Crippen molar-refractivity contribution in [2.75, 3.05) is 0 Å². The van der Waals surface area contributed by atoms with Crippen LogP contribution in [0.2, 0.25) is 0 Å². The number of pyridine rings is 1. The van der Waals surface area contributed by atoms with Crippen molar-refractivity contribution in [3.05, 3.63) is 53.7 Å². The molecule has 0 spiro atoms. The summed E-state index contributed by atoms with van der Waals surface area (Å²) in [4.78, 5) is 15.7. The summed E-state index contributed by atoms with van der Waals surface area (Å²) in [7, 11) is 0. The van der Waals surface area contributed by atoms with Crippen LogP contribution in [0.25, 0.3) is 11.3 Å². The molecule has 1 aromatic carbocycles. The summed E-state index contributed by atoms with van der Waals surface area (Å²) < 4.78 is 0. The van der Waals surface area contributed by atoms with E-state index in [9.17, 15) is 4.79 Å². The van der Waals surface area contributed by atoms with Gasteiger partial charge in [-0.15, -0.1) is 0 Å². The van der Waals surface area contributed by atoms with E-state index in [-0.39, 0.29) is 5.78 Å². The Morgan fingerprint density at radius 2 is 1.88 bits per heavy atom. The average Bonchev–Trinajstić information content (AvgIpc) is 2.29. The number of benzene rings is 1.